The van der Waals surface area contributed by atoms with Gasteiger partial charge in [-0.1, -0.05) is 24.3 Å². The van der Waals surface area contributed by atoms with Crippen LogP contribution in [0, 0.1) is 5.82 Å². The standard InChI is InChI=1S/C16H14FNO2S/c17-12-7-5-11(6-8-12)9-20-10-15-16(19)18-13-3-1-2-4-14(13)21-15/h1-8,15H,9-10H2,(H,18,19). The van der Waals surface area contributed by atoms with E-state index in [1.54, 1.807) is 12.1 Å². The van der Waals surface area contributed by atoms with Crippen molar-refractivity contribution in [1.29, 1.82) is 0 Å². The van der Waals surface area contributed by atoms with Gasteiger partial charge in [-0.15, -0.1) is 11.8 Å². The van der Waals surface area contributed by atoms with E-state index in [1.165, 1.54) is 23.9 Å². The van der Waals surface area contributed by atoms with E-state index in [0.717, 1.165) is 16.1 Å². The molecule has 0 fully saturated rings. The van der Waals surface area contributed by atoms with Crippen LogP contribution in [-0.2, 0) is 16.1 Å². The van der Waals surface area contributed by atoms with Gasteiger partial charge in [0.05, 0.1) is 18.9 Å². The SMILES string of the molecule is O=C1Nc2ccccc2SC1COCc1ccc(F)cc1. The summed E-state index contributed by atoms with van der Waals surface area (Å²) < 4.78 is 18.4. The number of carbonyl (C=O) groups excluding carboxylic acids is 1. The zero-order valence-electron chi connectivity index (χ0n) is 11.2. The second-order valence-electron chi connectivity index (χ2n) is 4.73. The summed E-state index contributed by atoms with van der Waals surface area (Å²) in [6, 6.07) is 13.9. The molecule has 3 nitrogen and oxygen atoms in total. The highest BCUT2D eigenvalue weighted by molar-refractivity contribution is 8.01. The molecule has 5 heteroatoms. The predicted octanol–water partition coefficient (Wildman–Crippen LogP) is 3.46. The van der Waals surface area contributed by atoms with E-state index in [2.05, 4.69) is 5.32 Å². The fourth-order valence-corrected chi connectivity index (χ4v) is 3.11. The minimum absolute atomic E-state index is 0.0437. The Kier molecular flexibility index (Phi) is 4.22. The van der Waals surface area contributed by atoms with E-state index in [4.69, 9.17) is 4.74 Å². The van der Waals surface area contributed by atoms with E-state index in [-0.39, 0.29) is 17.0 Å². The molecule has 0 saturated heterocycles. The number of carbonyl (C=O) groups is 1. The first-order chi connectivity index (χ1) is 10.2. The molecule has 1 aliphatic rings. The monoisotopic (exact) mass is 303 g/mol. The number of rotatable bonds is 4. The first-order valence-corrected chi connectivity index (χ1v) is 7.49. The third kappa shape index (κ3) is 3.43. The lowest BCUT2D eigenvalue weighted by molar-refractivity contribution is -0.116. The van der Waals surface area contributed by atoms with Crippen LogP contribution >= 0.6 is 11.8 Å². The first-order valence-electron chi connectivity index (χ1n) is 6.61. The van der Waals surface area contributed by atoms with Gasteiger partial charge in [0, 0.05) is 4.90 Å². The second kappa shape index (κ2) is 6.28. The van der Waals surface area contributed by atoms with Gasteiger partial charge in [0.25, 0.3) is 0 Å². The van der Waals surface area contributed by atoms with Gasteiger partial charge in [0.2, 0.25) is 5.91 Å². The molecule has 0 bridgehead atoms. The Balaban J connectivity index is 1.56. The quantitative estimate of drug-likeness (QED) is 0.940. The number of anilines is 1. The van der Waals surface area contributed by atoms with Gasteiger partial charge in [-0.25, -0.2) is 4.39 Å². The molecule has 0 spiro atoms. The topological polar surface area (TPSA) is 38.3 Å². The van der Waals surface area contributed by atoms with E-state index < -0.39 is 0 Å². The average molecular weight is 303 g/mol. The molecule has 1 heterocycles. The number of amides is 1. The zero-order chi connectivity index (χ0) is 14.7. The van der Waals surface area contributed by atoms with E-state index >= 15 is 0 Å². The third-order valence-corrected chi connectivity index (χ3v) is 4.40. The Morgan fingerprint density at radius 2 is 1.90 bits per heavy atom. The highest BCUT2D eigenvalue weighted by Gasteiger charge is 2.26. The van der Waals surface area contributed by atoms with Crippen molar-refractivity contribution in [3.8, 4) is 0 Å². The summed E-state index contributed by atoms with van der Waals surface area (Å²) in [4.78, 5) is 13.0. The second-order valence-corrected chi connectivity index (χ2v) is 5.98. The molecule has 1 atom stereocenters. The lowest BCUT2D eigenvalue weighted by Crippen LogP contribution is -2.32. The van der Waals surface area contributed by atoms with Gasteiger partial charge in [0.1, 0.15) is 11.1 Å². The third-order valence-electron chi connectivity index (χ3n) is 3.16. The summed E-state index contributed by atoms with van der Waals surface area (Å²) in [5.41, 5.74) is 1.74. The molecule has 1 unspecified atom stereocenters. The van der Waals surface area contributed by atoms with E-state index in [1.807, 2.05) is 24.3 Å². The molecular weight excluding hydrogens is 289 g/mol. The highest BCUT2D eigenvalue weighted by atomic mass is 32.2. The normalized spacial score (nSPS) is 17.2. The number of hydrogen-bond acceptors (Lipinski definition) is 3. The minimum atomic E-state index is -0.266. The number of fused-ring (bicyclic) bond motifs is 1. The molecule has 0 saturated carbocycles. The average Bonchev–Trinajstić information content (AvgIpc) is 2.50. The molecule has 2 aromatic carbocycles. The van der Waals surface area contributed by atoms with Crippen LogP contribution in [0.3, 0.4) is 0 Å². The van der Waals surface area contributed by atoms with Gasteiger partial charge >= 0.3 is 0 Å². The Morgan fingerprint density at radius 3 is 2.71 bits per heavy atom. The number of para-hydroxylation sites is 1. The van der Waals surface area contributed by atoms with Gasteiger partial charge < -0.3 is 10.1 Å². The van der Waals surface area contributed by atoms with Crippen LogP contribution in [0.1, 0.15) is 5.56 Å². The molecule has 0 radical (unpaired) electrons. The molecule has 0 aliphatic carbocycles. The number of benzene rings is 2. The smallest absolute Gasteiger partial charge is 0.240 e. The molecular formula is C16H14FNO2S. The largest absolute Gasteiger partial charge is 0.375 e. The first kappa shape index (κ1) is 14.1. The minimum Gasteiger partial charge on any atom is -0.375 e. The van der Waals surface area contributed by atoms with E-state index in [9.17, 15) is 9.18 Å². The summed E-state index contributed by atoms with van der Waals surface area (Å²) in [6.07, 6.45) is 0. The molecule has 108 valence electrons. The maximum Gasteiger partial charge on any atom is 0.240 e. The number of ether oxygens (including phenoxy) is 1. The molecule has 21 heavy (non-hydrogen) atoms. The van der Waals surface area contributed by atoms with Crippen LogP contribution in [0.5, 0.6) is 0 Å². The summed E-state index contributed by atoms with van der Waals surface area (Å²) >= 11 is 1.51. The Hall–Kier alpha value is -1.85. The van der Waals surface area contributed by atoms with Gasteiger partial charge in [0.15, 0.2) is 0 Å². The molecule has 1 N–H and O–H groups in total. The molecule has 2 aromatic rings. The fourth-order valence-electron chi connectivity index (χ4n) is 2.07. The van der Waals surface area contributed by atoms with Crippen molar-refractivity contribution in [2.24, 2.45) is 0 Å². The van der Waals surface area contributed by atoms with Gasteiger partial charge in [-0.2, -0.15) is 0 Å². The van der Waals surface area contributed by atoms with Crippen molar-refractivity contribution in [2.45, 2.75) is 16.8 Å². The highest BCUT2D eigenvalue weighted by Crippen LogP contribution is 2.35. The van der Waals surface area contributed by atoms with Crippen molar-refractivity contribution >= 4 is 23.4 Å². The van der Waals surface area contributed by atoms with Crippen LogP contribution in [0.4, 0.5) is 10.1 Å². The van der Waals surface area contributed by atoms with Crippen LogP contribution in [0.25, 0.3) is 0 Å². The van der Waals surface area contributed by atoms with Gasteiger partial charge in [-0.05, 0) is 29.8 Å². The summed E-state index contributed by atoms with van der Waals surface area (Å²) in [5.74, 6) is -0.310. The Bertz CT molecular complexity index is 645. The van der Waals surface area contributed by atoms with Crippen molar-refractivity contribution in [1.82, 2.24) is 0 Å². The lowest BCUT2D eigenvalue weighted by atomic mass is 10.2. The Morgan fingerprint density at radius 1 is 1.14 bits per heavy atom. The number of thioether (sulfide) groups is 1. The van der Waals surface area contributed by atoms with E-state index in [0.29, 0.717) is 13.2 Å². The molecule has 0 aromatic heterocycles. The van der Waals surface area contributed by atoms with Crippen LogP contribution in [-0.4, -0.2) is 17.8 Å². The number of hydrogen-bond donors (Lipinski definition) is 1. The number of nitrogens with one attached hydrogen (secondary N) is 1. The fraction of sp³-hybridized carbons (Fsp3) is 0.188. The lowest BCUT2D eigenvalue weighted by Gasteiger charge is -2.23. The van der Waals surface area contributed by atoms with Gasteiger partial charge in [-0.3, -0.25) is 4.79 Å². The van der Waals surface area contributed by atoms with Crippen molar-refractivity contribution in [3.05, 3.63) is 59.9 Å². The molecule has 1 aliphatic heterocycles. The summed E-state index contributed by atoms with van der Waals surface area (Å²) in [5, 5.41) is 2.61. The molecule has 3 rings (SSSR count). The predicted molar refractivity (Wildman–Crippen MR) is 80.8 cm³/mol. The maximum atomic E-state index is 12.8. The summed E-state index contributed by atoms with van der Waals surface area (Å²) in [7, 11) is 0. The van der Waals surface area contributed by atoms with Crippen molar-refractivity contribution in [3.63, 3.8) is 0 Å². The van der Waals surface area contributed by atoms with Crippen molar-refractivity contribution < 1.29 is 13.9 Å². The maximum absolute atomic E-state index is 12.8. The zero-order valence-corrected chi connectivity index (χ0v) is 12.0. The Labute approximate surface area is 126 Å². The van der Waals surface area contributed by atoms with Crippen LogP contribution in [0.2, 0.25) is 0 Å². The van der Waals surface area contributed by atoms with Crippen LogP contribution in [0.15, 0.2) is 53.4 Å². The summed E-state index contributed by atoms with van der Waals surface area (Å²) in [6.45, 7) is 0.689. The van der Waals surface area contributed by atoms with Crippen molar-refractivity contribution in [2.75, 3.05) is 11.9 Å². The number of halogens is 1. The molecule has 1 amide bonds. The van der Waals surface area contributed by atoms with Crippen LogP contribution < -0.4 is 5.32 Å².